The van der Waals surface area contributed by atoms with Crippen LogP contribution in [-0.2, 0) is 11.3 Å². The van der Waals surface area contributed by atoms with Crippen LogP contribution in [0.15, 0.2) is 72.8 Å². The summed E-state index contributed by atoms with van der Waals surface area (Å²) in [6.45, 7) is 6.49. The van der Waals surface area contributed by atoms with Crippen molar-refractivity contribution in [3.05, 3.63) is 95.1 Å². The molecule has 3 aromatic carbocycles. The minimum atomic E-state index is -0.232. The maximum atomic E-state index is 12.9. The van der Waals surface area contributed by atoms with Gasteiger partial charge in [-0.2, -0.15) is 0 Å². The van der Waals surface area contributed by atoms with Crippen LogP contribution in [0.25, 0.3) is 0 Å². The van der Waals surface area contributed by atoms with Crippen LogP contribution < -0.4 is 15.0 Å². The maximum Gasteiger partial charge on any atom is 0.264 e. The highest BCUT2D eigenvalue weighted by Crippen LogP contribution is 2.28. The predicted molar refractivity (Wildman–Crippen MR) is 128 cm³/mol. The average Bonchev–Trinajstić information content (AvgIpc) is 2.81. The lowest BCUT2D eigenvalue weighted by Gasteiger charge is -2.21. The summed E-state index contributed by atoms with van der Waals surface area (Å²) in [7, 11) is 1.66. The Balaban J connectivity index is 1.70. The topological polar surface area (TPSA) is 58.6 Å². The monoisotopic (exact) mass is 430 g/mol. The van der Waals surface area contributed by atoms with Crippen molar-refractivity contribution in [2.45, 2.75) is 33.2 Å². The highest BCUT2D eigenvalue weighted by Gasteiger charge is 2.19. The fourth-order valence-electron chi connectivity index (χ4n) is 3.45. The van der Waals surface area contributed by atoms with Gasteiger partial charge in [0.25, 0.3) is 11.8 Å². The lowest BCUT2D eigenvalue weighted by Crippen LogP contribution is -2.34. The van der Waals surface area contributed by atoms with Gasteiger partial charge < -0.3 is 15.0 Å². The third-order valence-electron chi connectivity index (χ3n) is 5.32. The molecular weight excluding hydrogens is 400 g/mol. The summed E-state index contributed by atoms with van der Waals surface area (Å²) in [5, 5.41) is 2.93. The van der Waals surface area contributed by atoms with Crippen LogP contribution in [0.3, 0.4) is 0 Å². The number of benzene rings is 3. The summed E-state index contributed by atoms with van der Waals surface area (Å²) in [5.41, 5.74) is 4.13. The van der Waals surface area contributed by atoms with Crippen LogP contribution in [0.2, 0.25) is 0 Å². The lowest BCUT2D eigenvalue weighted by atomic mass is 10.0. The van der Waals surface area contributed by atoms with Gasteiger partial charge in [-0.1, -0.05) is 68.4 Å². The van der Waals surface area contributed by atoms with E-state index < -0.39 is 0 Å². The Morgan fingerprint density at radius 3 is 2.38 bits per heavy atom. The Labute approximate surface area is 190 Å². The molecule has 32 heavy (non-hydrogen) atoms. The molecule has 5 nitrogen and oxygen atoms in total. The molecule has 0 heterocycles. The number of aryl methyl sites for hydroxylation is 1. The van der Waals surface area contributed by atoms with Gasteiger partial charge in [0.2, 0.25) is 0 Å². The number of ether oxygens (including phenoxy) is 1. The fourth-order valence-corrected chi connectivity index (χ4v) is 3.45. The van der Waals surface area contributed by atoms with Crippen molar-refractivity contribution >= 4 is 17.5 Å². The zero-order valence-corrected chi connectivity index (χ0v) is 19.1. The van der Waals surface area contributed by atoms with Crippen molar-refractivity contribution in [3.8, 4) is 5.75 Å². The van der Waals surface area contributed by atoms with Gasteiger partial charge in [-0.25, -0.2) is 0 Å². The molecule has 3 aromatic rings. The molecule has 0 atom stereocenters. The number of hydrogen-bond acceptors (Lipinski definition) is 3. The molecule has 5 heteroatoms. The van der Waals surface area contributed by atoms with Crippen LogP contribution in [0.5, 0.6) is 5.75 Å². The predicted octanol–water partition coefficient (Wildman–Crippen LogP) is 5.09. The molecule has 0 aromatic heterocycles. The first-order chi connectivity index (χ1) is 15.4. The normalized spacial score (nSPS) is 10.7. The van der Waals surface area contributed by atoms with Crippen LogP contribution >= 0.6 is 0 Å². The average molecular weight is 431 g/mol. The van der Waals surface area contributed by atoms with Gasteiger partial charge in [-0.15, -0.1) is 0 Å². The smallest absolute Gasteiger partial charge is 0.264 e. The zero-order valence-electron chi connectivity index (χ0n) is 19.1. The molecular formula is C27H30N2O3. The quantitative estimate of drug-likeness (QED) is 0.542. The molecule has 0 radical (unpaired) electrons. The second kappa shape index (κ2) is 10.6. The summed E-state index contributed by atoms with van der Waals surface area (Å²) in [6.07, 6.45) is 0. The first kappa shape index (κ1) is 23.1. The SMILES string of the molecule is Cc1ccc(C(C)C)c(OCC(=O)N(C)c2ccccc2C(=O)NCc2ccccc2)c1. The molecule has 0 bridgehead atoms. The van der Waals surface area contributed by atoms with Crippen LogP contribution in [0.4, 0.5) is 5.69 Å². The Morgan fingerprint density at radius 1 is 0.969 bits per heavy atom. The molecule has 0 aliphatic heterocycles. The Kier molecular flexibility index (Phi) is 7.66. The van der Waals surface area contributed by atoms with Crippen molar-refractivity contribution in [1.82, 2.24) is 5.32 Å². The standard InChI is InChI=1S/C27H30N2O3/c1-19(2)22-15-14-20(3)16-25(22)32-18-26(30)29(4)24-13-9-8-12-23(24)27(31)28-17-21-10-6-5-7-11-21/h5-16,19H,17-18H2,1-4H3,(H,28,31). The number of rotatable bonds is 8. The third-order valence-corrected chi connectivity index (χ3v) is 5.32. The van der Waals surface area contributed by atoms with Crippen molar-refractivity contribution in [1.29, 1.82) is 0 Å². The van der Waals surface area contributed by atoms with Gasteiger partial charge in [-0.3, -0.25) is 9.59 Å². The second-order valence-corrected chi connectivity index (χ2v) is 8.12. The van der Waals surface area contributed by atoms with Crippen molar-refractivity contribution in [2.75, 3.05) is 18.6 Å². The van der Waals surface area contributed by atoms with Crippen molar-refractivity contribution < 1.29 is 14.3 Å². The van der Waals surface area contributed by atoms with Gasteiger partial charge in [0.15, 0.2) is 6.61 Å². The minimum Gasteiger partial charge on any atom is -0.483 e. The molecule has 166 valence electrons. The van der Waals surface area contributed by atoms with Crippen molar-refractivity contribution in [2.24, 2.45) is 0 Å². The number of carbonyl (C=O) groups excluding carboxylic acids is 2. The van der Waals surface area contributed by atoms with Gasteiger partial charge >= 0.3 is 0 Å². The van der Waals surface area contributed by atoms with Gasteiger partial charge in [-0.05, 0) is 47.7 Å². The molecule has 0 unspecified atom stereocenters. The van der Waals surface area contributed by atoms with E-state index in [2.05, 4.69) is 19.2 Å². The van der Waals surface area contributed by atoms with E-state index in [4.69, 9.17) is 4.74 Å². The zero-order chi connectivity index (χ0) is 23.1. The number of hydrogen-bond donors (Lipinski definition) is 1. The largest absolute Gasteiger partial charge is 0.483 e. The Hall–Kier alpha value is -3.60. The molecule has 0 fully saturated rings. The number of likely N-dealkylation sites (N-methyl/N-ethyl adjacent to an activating group) is 1. The number of anilines is 1. The van der Waals surface area contributed by atoms with E-state index in [1.54, 1.807) is 25.2 Å². The van der Waals surface area contributed by atoms with Gasteiger partial charge in [0, 0.05) is 13.6 Å². The second-order valence-electron chi connectivity index (χ2n) is 8.12. The summed E-state index contributed by atoms with van der Waals surface area (Å²) in [5.74, 6) is 0.540. The fraction of sp³-hybridized carbons (Fsp3) is 0.259. The highest BCUT2D eigenvalue weighted by atomic mass is 16.5. The van der Waals surface area contributed by atoms with Gasteiger partial charge in [0.1, 0.15) is 5.75 Å². The van der Waals surface area contributed by atoms with Crippen molar-refractivity contribution in [3.63, 3.8) is 0 Å². The van der Waals surface area contributed by atoms with E-state index in [1.807, 2.05) is 61.5 Å². The molecule has 1 N–H and O–H groups in total. The number of para-hydroxylation sites is 1. The summed E-state index contributed by atoms with van der Waals surface area (Å²) >= 11 is 0. The molecule has 0 saturated heterocycles. The van der Waals surface area contributed by atoms with E-state index in [0.717, 1.165) is 22.4 Å². The highest BCUT2D eigenvalue weighted by molar-refractivity contribution is 6.04. The van der Waals surface area contributed by atoms with Crippen LogP contribution in [0.1, 0.15) is 46.8 Å². The van der Waals surface area contributed by atoms with Crippen LogP contribution in [-0.4, -0.2) is 25.5 Å². The summed E-state index contributed by atoms with van der Waals surface area (Å²) < 4.78 is 5.90. The van der Waals surface area contributed by atoms with E-state index in [1.165, 1.54) is 4.90 Å². The molecule has 0 aliphatic carbocycles. The molecule has 0 aliphatic rings. The Bertz CT molecular complexity index is 1080. The maximum absolute atomic E-state index is 12.9. The van der Waals surface area contributed by atoms with E-state index >= 15 is 0 Å². The molecule has 0 spiro atoms. The molecule has 0 saturated carbocycles. The lowest BCUT2D eigenvalue weighted by molar-refractivity contribution is -0.120. The van der Waals surface area contributed by atoms with E-state index in [9.17, 15) is 9.59 Å². The number of amides is 2. The molecule has 2 amide bonds. The number of carbonyl (C=O) groups is 2. The first-order valence-electron chi connectivity index (χ1n) is 10.8. The summed E-state index contributed by atoms with van der Waals surface area (Å²) in [4.78, 5) is 27.2. The van der Waals surface area contributed by atoms with E-state index in [0.29, 0.717) is 17.8 Å². The van der Waals surface area contributed by atoms with Crippen LogP contribution in [0, 0.1) is 6.92 Å². The number of nitrogens with zero attached hydrogens (tertiary/aromatic N) is 1. The molecule has 3 rings (SSSR count). The minimum absolute atomic E-state index is 0.111. The number of nitrogens with one attached hydrogen (secondary N) is 1. The Morgan fingerprint density at radius 2 is 1.66 bits per heavy atom. The first-order valence-corrected chi connectivity index (χ1v) is 10.8. The third kappa shape index (κ3) is 5.76. The van der Waals surface area contributed by atoms with Gasteiger partial charge in [0.05, 0.1) is 11.3 Å². The summed E-state index contributed by atoms with van der Waals surface area (Å²) in [6, 6.07) is 22.8. The van der Waals surface area contributed by atoms with E-state index in [-0.39, 0.29) is 24.3 Å².